The molecule has 0 fully saturated rings. The maximum Gasteiger partial charge on any atom is 0.469 e. The third-order valence-corrected chi connectivity index (χ3v) is 2.55. The van der Waals surface area contributed by atoms with Gasteiger partial charge in [-0.2, -0.15) is 4.39 Å². The van der Waals surface area contributed by atoms with E-state index in [-0.39, 0.29) is 29.1 Å². The van der Waals surface area contributed by atoms with Gasteiger partial charge in [0.2, 0.25) is 5.95 Å². The van der Waals surface area contributed by atoms with E-state index in [0.717, 1.165) is 0 Å². The number of nitrogens with zero attached hydrogens (tertiary/aromatic N) is 1. The molecule has 7 nitrogen and oxygen atoms in total. The first-order valence-corrected chi connectivity index (χ1v) is 6.06. The van der Waals surface area contributed by atoms with Crippen LogP contribution in [-0.2, 0) is 22.2 Å². The summed E-state index contributed by atoms with van der Waals surface area (Å²) in [4.78, 5) is 20.4. The van der Waals surface area contributed by atoms with E-state index in [9.17, 15) is 14.1 Å². The number of aryl methyl sites for hydroxylation is 1. The molecule has 0 radical (unpaired) electrons. The fraction of sp³-hybridized carbons (Fsp3) is 0.375. The SMILES string of the molecule is Cc1nc(F)c(COP(=O)(O)O)c(CN)c1O. The van der Waals surface area contributed by atoms with Gasteiger partial charge in [0.25, 0.3) is 0 Å². The molecule has 0 aliphatic rings. The van der Waals surface area contributed by atoms with Crippen LogP contribution in [0.1, 0.15) is 16.8 Å². The molecule has 0 atom stereocenters. The molecule has 1 aromatic heterocycles. The van der Waals surface area contributed by atoms with Gasteiger partial charge in [0.05, 0.1) is 12.3 Å². The lowest BCUT2D eigenvalue weighted by atomic mass is 10.1. The average Bonchev–Trinajstić information content (AvgIpc) is 2.20. The van der Waals surface area contributed by atoms with Crippen LogP contribution in [0.5, 0.6) is 5.75 Å². The van der Waals surface area contributed by atoms with Gasteiger partial charge in [-0.05, 0) is 6.92 Å². The number of phosphoric ester groups is 1. The minimum Gasteiger partial charge on any atom is -0.506 e. The number of hydrogen-bond acceptors (Lipinski definition) is 5. The van der Waals surface area contributed by atoms with Crippen molar-refractivity contribution in [2.75, 3.05) is 0 Å². The number of rotatable bonds is 4. The Kier molecular flexibility index (Phi) is 4.18. The van der Waals surface area contributed by atoms with Gasteiger partial charge in [-0.1, -0.05) is 0 Å². The highest BCUT2D eigenvalue weighted by Crippen LogP contribution is 2.38. The van der Waals surface area contributed by atoms with Crippen LogP contribution in [0, 0.1) is 12.9 Å². The summed E-state index contributed by atoms with van der Waals surface area (Å²) >= 11 is 0. The Balaban J connectivity index is 3.14. The average molecular weight is 266 g/mol. The first kappa shape index (κ1) is 14.0. The van der Waals surface area contributed by atoms with E-state index in [4.69, 9.17) is 15.5 Å². The van der Waals surface area contributed by atoms with E-state index in [2.05, 4.69) is 9.51 Å². The summed E-state index contributed by atoms with van der Waals surface area (Å²) in [6, 6.07) is 0. The molecule has 1 heterocycles. The molecule has 0 spiro atoms. The number of hydrogen-bond donors (Lipinski definition) is 4. The standard InChI is InChI=1S/C8H12FN2O5P/c1-4-7(12)5(2-10)6(8(9)11-4)3-16-17(13,14)15/h12H,2-3,10H2,1H3,(H2,13,14,15). The molecular formula is C8H12FN2O5P. The van der Waals surface area contributed by atoms with Gasteiger partial charge in [-0.25, -0.2) is 9.55 Å². The van der Waals surface area contributed by atoms with E-state index >= 15 is 0 Å². The van der Waals surface area contributed by atoms with Crippen LogP contribution >= 0.6 is 7.82 Å². The van der Waals surface area contributed by atoms with Gasteiger partial charge in [-0.3, -0.25) is 4.52 Å². The lowest BCUT2D eigenvalue weighted by Gasteiger charge is -2.12. The lowest BCUT2D eigenvalue weighted by Crippen LogP contribution is -2.09. The van der Waals surface area contributed by atoms with E-state index < -0.39 is 20.4 Å². The van der Waals surface area contributed by atoms with Crippen LogP contribution in [0.25, 0.3) is 0 Å². The topological polar surface area (TPSA) is 126 Å². The van der Waals surface area contributed by atoms with Crippen molar-refractivity contribution in [3.63, 3.8) is 0 Å². The molecule has 96 valence electrons. The second-order valence-electron chi connectivity index (χ2n) is 3.26. The van der Waals surface area contributed by atoms with Crippen molar-refractivity contribution in [3.05, 3.63) is 22.8 Å². The Morgan fingerprint density at radius 2 is 2.06 bits per heavy atom. The van der Waals surface area contributed by atoms with Gasteiger partial charge in [-0.15, -0.1) is 0 Å². The molecular weight excluding hydrogens is 254 g/mol. The Labute approximate surface area is 96.3 Å². The summed E-state index contributed by atoms with van der Waals surface area (Å²) < 4.78 is 28.1. The molecule has 0 aliphatic heterocycles. The van der Waals surface area contributed by atoms with Crippen molar-refractivity contribution in [2.45, 2.75) is 20.1 Å². The maximum atomic E-state index is 13.4. The van der Waals surface area contributed by atoms with Crippen molar-refractivity contribution in [1.82, 2.24) is 4.98 Å². The monoisotopic (exact) mass is 266 g/mol. The molecule has 17 heavy (non-hydrogen) atoms. The van der Waals surface area contributed by atoms with Crippen molar-refractivity contribution in [3.8, 4) is 5.75 Å². The highest BCUT2D eigenvalue weighted by atomic mass is 31.2. The fourth-order valence-electron chi connectivity index (χ4n) is 1.27. The molecule has 0 amide bonds. The number of phosphoric acid groups is 1. The zero-order valence-corrected chi connectivity index (χ0v) is 9.82. The number of aromatic nitrogens is 1. The Morgan fingerprint density at radius 1 is 1.47 bits per heavy atom. The minimum absolute atomic E-state index is 0.0171. The van der Waals surface area contributed by atoms with Gasteiger partial charge in [0.15, 0.2) is 0 Å². The lowest BCUT2D eigenvalue weighted by molar-refractivity contribution is 0.185. The first-order valence-electron chi connectivity index (χ1n) is 4.53. The number of halogens is 1. The van der Waals surface area contributed by atoms with Crippen LogP contribution in [-0.4, -0.2) is 19.9 Å². The van der Waals surface area contributed by atoms with Crippen LogP contribution in [0.15, 0.2) is 0 Å². The zero-order chi connectivity index (χ0) is 13.2. The summed E-state index contributed by atoms with van der Waals surface area (Å²) in [5.41, 5.74) is 5.12. The molecule has 0 saturated heterocycles. The summed E-state index contributed by atoms with van der Waals surface area (Å²) in [7, 11) is -4.73. The third kappa shape index (κ3) is 3.45. The quantitative estimate of drug-likeness (QED) is 0.456. The third-order valence-electron chi connectivity index (χ3n) is 2.09. The van der Waals surface area contributed by atoms with Crippen molar-refractivity contribution in [1.29, 1.82) is 0 Å². The van der Waals surface area contributed by atoms with E-state index in [0.29, 0.717) is 0 Å². The molecule has 1 aromatic rings. The van der Waals surface area contributed by atoms with Crippen LogP contribution in [0.2, 0.25) is 0 Å². The van der Waals surface area contributed by atoms with Gasteiger partial charge < -0.3 is 20.6 Å². The zero-order valence-electron chi connectivity index (χ0n) is 8.92. The van der Waals surface area contributed by atoms with Gasteiger partial charge >= 0.3 is 7.82 Å². The Hall–Kier alpha value is -1.05. The highest BCUT2D eigenvalue weighted by Gasteiger charge is 2.21. The van der Waals surface area contributed by atoms with Crippen molar-refractivity contribution in [2.24, 2.45) is 5.73 Å². The summed E-state index contributed by atoms with van der Waals surface area (Å²) in [6.07, 6.45) is 0. The predicted molar refractivity (Wildman–Crippen MR) is 55.3 cm³/mol. The number of nitrogens with two attached hydrogens (primary N) is 1. The smallest absolute Gasteiger partial charge is 0.469 e. The van der Waals surface area contributed by atoms with E-state index in [1.807, 2.05) is 0 Å². The molecule has 1 rings (SSSR count). The maximum absolute atomic E-state index is 13.4. The second kappa shape index (κ2) is 5.07. The number of pyridine rings is 1. The summed E-state index contributed by atoms with van der Waals surface area (Å²) in [5.74, 6) is -1.28. The van der Waals surface area contributed by atoms with Crippen molar-refractivity contribution < 1.29 is 28.4 Å². The largest absolute Gasteiger partial charge is 0.506 e. The molecule has 0 bridgehead atoms. The van der Waals surface area contributed by atoms with Gasteiger partial charge in [0, 0.05) is 17.7 Å². The van der Waals surface area contributed by atoms with E-state index in [1.54, 1.807) is 0 Å². The first-order chi connectivity index (χ1) is 7.76. The minimum atomic E-state index is -4.73. The fourth-order valence-corrected chi connectivity index (χ4v) is 1.57. The number of aromatic hydroxyl groups is 1. The normalized spacial score (nSPS) is 11.8. The second-order valence-corrected chi connectivity index (χ2v) is 4.50. The van der Waals surface area contributed by atoms with E-state index in [1.165, 1.54) is 6.92 Å². The van der Waals surface area contributed by atoms with Crippen LogP contribution < -0.4 is 5.73 Å². The summed E-state index contributed by atoms with van der Waals surface area (Å²) in [6.45, 7) is 0.459. The molecule has 5 N–H and O–H groups in total. The predicted octanol–water partition coefficient (Wildman–Crippen LogP) is 0.303. The molecule has 0 aliphatic carbocycles. The van der Waals surface area contributed by atoms with Crippen molar-refractivity contribution >= 4 is 7.82 Å². The Morgan fingerprint density at radius 3 is 2.53 bits per heavy atom. The molecule has 0 aromatic carbocycles. The summed E-state index contributed by atoms with van der Waals surface area (Å²) in [5, 5.41) is 9.57. The van der Waals surface area contributed by atoms with Crippen LogP contribution in [0.3, 0.4) is 0 Å². The highest BCUT2D eigenvalue weighted by molar-refractivity contribution is 7.46. The van der Waals surface area contributed by atoms with Gasteiger partial charge in [0.1, 0.15) is 5.75 Å². The molecule has 9 heteroatoms. The Bertz CT molecular complexity index is 475. The van der Waals surface area contributed by atoms with Crippen LogP contribution in [0.4, 0.5) is 4.39 Å². The molecule has 0 saturated carbocycles. The molecule has 0 unspecified atom stereocenters.